The summed E-state index contributed by atoms with van der Waals surface area (Å²) >= 11 is 0. The third-order valence-electron chi connectivity index (χ3n) is 4.61. The average Bonchev–Trinajstić information content (AvgIpc) is 2.93. The second kappa shape index (κ2) is 7.09. The molecule has 1 aliphatic rings. The van der Waals surface area contributed by atoms with Crippen LogP contribution in [0, 0.1) is 5.92 Å². The first kappa shape index (κ1) is 16.6. The molecular weight excluding hydrogens is 304 g/mol. The first-order chi connectivity index (χ1) is 11.5. The number of carbonyl (C=O) groups excluding carboxylic acids is 1. The highest BCUT2D eigenvalue weighted by Crippen LogP contribution is 2.18. The van der Waals surface area contributed by atoms with Crippen molar-refractivity contribution in [1.29, 1.82) is 0 Å². The zero-order valence-electron chi connectivity index (χ0n) is 14.5. The number of amides is 1. The van der Waals surface area contributed by atoms with Gasteiger partial charge in [0.1, 0.15) is 5.82 Å². The Balaban J connectivity index is 1.82. The first-order valence-corrected chi connectivity index (χ1v) is 8.31. The molecule has 0 aromatic carbocycles. The largest absolute Gasteiger partial charge is 0.333 e. The van der Waals surface area contributed by atoms with Crippen LogP contribution in [0.25, 0.3) is 0 Å². The van der Waals surface area contributed by atoms with E-state index in [4.69, 9.17) is 0 Å². The fraction of sp³-hybridized carbons (Fsp3) is 0.529. The Morgan fingerprint density at radius 2 is 2.17 bits per heavy atom. The van der Waals surface area contributed by atoms with Gasteiger partial charge in [-0.15, -0.1) is 0 Å². The van der Waals surface area contributed by atoms with Crippen LogP contribution in [-0.4, -0.2) is 61.6 Å². The van der Waals surface area contributed by atoms with Crippen LogP contribution in [0.15, 0.2) is 30.9 Å². The molecule has 0 radical (unpaired) electrons. The van der Waals surface area contributed by atoms with E-state index in [1.807, 2.05) is 11.1 Å². The molecule has 2 aromatic heterocycles. The molecule has 0 saturated heterocycles. The third-order valence-corrected chi connectivity index (χ3v) is 4.61. The lowest BCUT2D eigenvalue weighted by Crippen LogP contribution is -2.39. The Kier molecular flexibility index (Phi) is 4.89. The van der Waals surface area contributed by atoms with E-state index in [1.165, 1.54) is 6.20 Å². The fourth-order valence-electron chi connectivity index (χ4n) is 3.03. The van der Waals surface area contributed by atoms with Crippen molar-refractivity contribution in [3.05, 3.63) is 42.2 Å². The highest BCUT2D eigenvalue weighted by molar-refractivity contribution is 5.93. The van der Waals surface area contributed by atoms with Gasteiger partial charge in [-0.25, -0.2) is 4.98 Å². The van der Waals surface area contributed by atoms with E-state index in [1.54, 1.807) is 18.5 Å². The van der Waals surface area contributed by atoms with Gasteiger partial charge < -0.3 is 14.4 Å². The molecule has 0 unspecified atom stereocenters. The number of imidazole rings is 1. The van der Waals surface area contributed by atoms with Gasteiger partial charge >= 0.3 is 0 Å². The van der Waals surface area contributed by atoms with Crippen LogP contribution in [0.1, 0.15) is 30.0 Å². The molecule has 0 spiro atoms. The third kappa shape index (κ3) is 3.62. The number of rotatable bonds is 4. The van der Waals surface area contributed by atoms with Gasteiger partial charge in [0, 0.05) is 44.0 Å². The smallest absolute Gasteiger partial charge is 0.255 e. The molecule has 0 bridgehead atoms. The molecule has 24 heavy (non-hydrogen) atoms. The van der Waals surface area contributed by atoms with Crippen molar-refractivity contribution in [2.24, 2.45) is 5.92 Å². The normalized spacial score (nSPS) is 17.9. The molecule has 1 amide bonds. The molecule has 3 rings (SSSR count). The lowest BCUT2D eigenvalue weighted by atomic mass is 10.1. The highest BCUT2D eigenvalue weighted by Gasteiger charge is 2.27. The van der Waals surface area contributed by atoms with Crippen molar-refractivity contribution in [1.82, 2.24) is 29.5 Å². The summed E-state index contributed by atoms with van der Waals surface area (Å²) in [5.74, 6) is 1.27. The van der Waals surface area contributed by atoms with E-state index < -0.39 is 0 Å². The van der Waals surface area contributed by atoms with Crippen molar-refractivity contribution < 1.29 is 4.79 Å². The SMILES string of the molecule is CC(C)N(C)C[C@H]1CN(C(=O)c2ccnnc2)Cc2nccn2C1. The number of fused-ring (bicyclic) bond motifs is 1. The van der Waals surface area contributed by atoms with Crippen LogP contribution in [0.5, 0.6) is 0 Å². The molecule has 7 heteroatoms. The van der Waals surface area contributed by atoms with Crippen molar-refractivity contribution in [3.8, 4) is 0 Å². The monoisotopic (exact) mass is 328 g/mol. The molecule has 2 aromatic rings. The van der Waals surface area contributed by atoms with Crippen LogP contribution in [0.2, 0.25) is 0 Å². The minimum Gasteiger partial charge on any atom is -0.333 e. The molecule has 1 aliphatic heterocycles. The second-order valence-electron chi connectivity index (χ2n) is 6.71. The molecule has 1 atom stereocenters. The maximum absolute atomic E-state index is 12.9. The summed E-state index contributed by atoms with van der Waals surface area (Å²) in [6.07, 6.45) is 6.88. The van der Waals surface area contributed by atoms with Gasteiger partial charge in [-0.2, -0.15) is 10.2 Å². The predicted octanol–water partition coefficient (Wildman–Crippen LogP) is 1.29. The van der Waals surface area contributed by atoms with Gasteiger partial charge in [0.15, 0.2) is 0 Å². The van der Waals surface area contributed by atoms with E-state index in [-0.39, 0.29) is 5.91 Å². The molecular formula is C17H24N6O. The van der Waals surface area contributed by atoms with Gasteiger partial charge in [-0.3, -0.25) is 4.79 Å². The molecule has 0 fully saturated rings. The molecule has 0 N–H and O–H groups in total. The van der Waals surface area contributed by atoms with Gasteiger partial charge in [0.2, 0.25) is 0 Å². The van der Waals surface area contributed by atoms with Crippen LogP contribution in [0.3, 0.4) is 0 Å². The highest BCUT2D eigenvalue weighted by atomic mass is 16.2. The summed E-state index contributed by atoms with van der Waals surface area (Å²) in [4.78, 5) is 21.5. The van der Waals surface area contributed by atoms with Crippen LogP contribution < -0.4 is 0 Å². The molecule has 128 valence electrons. The Hall–Kier alpha value is -2.28. The average molecular weight is 328 g/mol. The minimum absolute atomic E-state index is 0.0152. The summed E-state index contributed by atoms with van der Waals surface area (Å²) in [7, 11) is 2.13. The molecule has 7 nitrogen and oxygen atoms in total. The summed E-state index contributed by atoms with van der Waals surface area (Å²) in [6.45, 7) is 7.42. The predicted molar refractivity (Wildman–Crippen MR) is 90.3 cm³/mol. The summed E-state index contributed by atoms with van der Waals surface area (Å²) in [5, 5.41) is 7.57. The van der Waals surface area contributed by atoms with E-state index in [0.717, 1.165) is 18.9 Å². The number of aromatic nitrogens is 4. The molecule has 0 saturated carbocycles. The lowest BCUT2D eigenvalue weighted by Gasteiger charge is -2.29. The van der Waals surface area contributed by atoms with Gasteiger partial charge in [0.25, 0.3) is 5.91 Å². The lowest BCUT2D eigenvalue weighted by molar-refractivity contribution is 0.0702. The van der Waals surface area contributed by atoms with E-state index in [9.17, 15) is 4.79 Å². The maximum atomic E-state index is 12.9. The summed E-state index contributed by atoms with van der Waals surface area (Å²) < 4.78 is 2.16. The first-order valence-electron chi connectivity index (χ1n) is 8.31. The zero-order chi connectivity index (χ0) is 17.1. The van der Waals surface area contributed by atoms with Crippen LogP contribution >= 0.6 is 0 Å². The minimum atomic E-state index is -0.0152. The van der Waals surface area contributed by atoms with E-state index >= 15 is 0 Å². The number of hydrogen-bond donors (Lipinski definition) is 0. The number of hydrogen-bond acceptors (Lipinski definition) is 5. The van der Waals surface area contributed by atoms with Crippen molar-refractivity contribution in [3.63, 3.8) is 0 Å². The Labute approximate surface area is 142 Å². The van der Waals surface area contributed by atoms with Gasteiger partial charge in [-0.1, -0.05) is 0 Å². The van der Waals surface area contributed by atoms with Crippen molar-refractivity contribution in [2.75, 3.05) is 20.1 Å². The summed E-state index contributed by atoms with van der Waals surface area (Å²) in [5.41, 5.74) is 0.570. The van der Waals surface area contributed by atoms with Crippen molar-refractivity contribution in [2.45, 2.75) is 33.0 Å². The van der Waals surface area contributed by atoms with Gasteiger partial charge in [-0.05, 0) is 27.0 Å². The zero-order valence-corrected chi connectivity index (χ0v) is 14.5. The molecule has 0 aliphatic carbocycles. The molecule has 3 heterocycles. The Bertz CT molecular complexity index is 683. The topological polar surface area (TPSA) is 67.2 Å². The number of carbonyl (C=O) groups is 1. The van der Waals surface area contributed by atoms with Crippen molar-refractivity contribution >= 4 is 5.91 Å². The second-order valence-corrected chi connectivity index (χ2v) is 6.71. The number of nitrogens with zero attached hydrogens (tertiary/aromatic N) is 6. The fourth-order valence-corrected chi connectivity index (χ4v) is 3.03. The summed E-state index contributed by atoms with van der Waals surface area (Å²) in [6, 6.07) is 2.19. The van der Waals surface area contributed by atoms with Gasteiger partial charge in [0.05, 0.1) is 24.5 Å². The Morgan fingerprint density at radius 1 is 1.33 bits per heavy atom. The van der Waals surface area contributed by atoms with E-state index in [0.29, 0.717) is 30.6 Å². The van der Waals surface area contributed by atoms with Crippen LogP contribution in [0.4, 0.5) is 0 Å². The Morgan fingerprint density at radius 3 is 2.88 bits per heavy atom. The standard InChI is InChI=1S/C17H24N6O/c1-13(2)21(3)9-14-10-22-7-6-18-16(22)12-23(11-14)17(24)15-4-5-19-20-8-15/h4-8,13-14H,9-12H2,1-3H3/t14-/m1/s1. The quantitative estimate of drug-likeness (QED) is 0.846. The van der Waals surface area contributed by atoms with Crippen LogP contribution in [-0.2, 0) is 13.1 Å². The maximum Gasteiger partial charge on any atom is 0.255 e. The van der Waals surface area contributed by atoms with E-state index in [2.05, 4.69) is 45.5 Å².